The summed E-state index contributed by atoms with van der Waals surface area (Å²) in [7, 11) is 5.33. The third-order valence-electron chi connectivity index (χ3n) is 4.94. The van der Waals surface area contributed by atoms with Gasteiger partial charge in [-0.3, -0.25) is 9.59 Å². The van der Waals surface area contributed by atoms with E-state index in [9.17, 15) is 19.1 Å². The zero-order valence-electron chi connectivity index (χ0n) is 16.6. The summed E-state index contributed by atoms with van der Waals surface area (Å²) in [6.07, 6.45) is 0. The molecule has 29 heavy (non-hydrogen) atoms. The zero-order chi connectivity index (χ0) is 21.1. The first-order chi connectivity index (χ1) is 13.8. The largest absolute Gasteiger partial charge is 0.507 e. The summed E-state index contributed by atoms with van der Waals surface area (Å²) in [4.78, 5) is 28.0. The van der Waals surface area contributed by atoms with Crippen LogP contribution in [0.1, 0.15) is 17.2 Å². The van der Waals surface area contributed by atoms with Crippen LogP contribution >= 0.6 is 0 Å². The quantitative estimate of drug-likeness (QED) is 0.438. The number of hydrogen-bond donors (Lipinski definition) is 2. The van der Waals surface area contributed by atoms with Gasteiger partial charge in [0.25, 0.3) is 11.7 Å². The first kappa shape index (κ1) is 20.5. The van der Waals surface area contributed by atoms with Gasteiger partial charge >= 0.3 is 0 Å². The van der Waals surface area contributed by atoms with Crippen molar-refractivity contribution in [2.75, 3.05) is 34.3 Å². The number of halogens is 1. The molecule has 0 aliphatic carbocycles. The fourth-order valence-corrected chi connectivity index (χ4v) is 3.40. The average molecular weight is 399 g/mol. The molecule has 0 aromatic heterocycles. The summed E-state index contributed by atoms with van der Waals surface area (Å²) in [6.45, 7) is 0.817. The van der Waals surface area contributed by atoms with Crippen molar-refractivity contribution < 1.29 is 28.7 Å². The van der Waals surface area contributed by atoms with E-state index < -0.39 is 23.5 Å². The number of quaternary nitrogens is 1. The van der Waals surface area contributed by atoms with Gasteiger partial charge in [-0.15, -0.1) is 0 Å². The molecule has 0 unspecified atom stereocenters. The summed E-state index contributed by atoms with van der Waals surface area (Å²) >= 11 is 0. The molecule has 1 atom stereocenters. The minimum absolute atomic E-state index is 0.123. The van der Waals surface area contributed by atoms with E-state index in [1.165, 1.54) is 30.2 Å². The van der Waals surface area contributed by atoms with Crippen molar-refractivity contribution in [2.45, 2.75) is 6.04 Å². The maximum absolute atomic E-state index is 14.6. The molecule has 152 valence electrons. The van der Waals surface area contributed by atoms with Crippen molar-refractivity contribution in [1.82, 2.24) is 4.90 Å². The molecular formula is C22H24FN2O4+. The van der Waals surface area contributed by atoms with Crippen LogP contribution in [0.15, 0.2) is 54.1 Å². The van der Waals surface area contributed by atoms with Crippen LogP contribution in [-0.2, 0) is 9.59 Å². The number of amides is 1. The van der Waals surface area contributed by atoms with Crippen LogP contribution in [0, 0.1) is 5.82 Å². The van der Waals surface area contributed by atoms with Gasteiger partial charge in [-0.25, -0.2) is 4.39 Å². The maximum atomic E-state index is 14.6. The van der Waals surface area contributed by atoms with E-state index in [1.54, 1.807) is 30.3 Å². The Labute approximate surface area is 168 Å². The van der Waals surface area contributed by atoms with Crippen LogP contribution in [-0.4, -0.2) is 56.0 Å². The molecule has 2 aromatic rings. The van der Waals surface area contributed by atoms with E-state index in [4.69, 9.17) is 4.74 Å². The number of likely N-dealkylation sites (N-methyl/N-ethyl adjacent to an activating group) is 1. The monoisotopic (exact) mass is 399 g/mol. The number of Topliss-reactive ketones (excluding diaryl/α,β-unsaturated/α-hetero) is 1. The van der Waals surface area contributed by atoms with E-state index in [0.717, 1.165) is 4.90 Å². The Morgan fingerprint density at radius 2 is 1.90 bits per heavy atom. The molecule has 1 heterocycles. The summed E-state index contributed by atoms with van der Waals surface area (Å²) in [5, 5.41) is 10.9. The molecular weight excluding hydrogens is 375 g/mol. The maximum Gasteiger partial charge on any atom is 0.295 e. The van der Waals surface area contributed by atoms with E-state index >= 15 is 0 Å². The number of benzene rings is 2. The summed E-state index contributed by atoms with van der Waals surface area (Å²) in [6, 6.07) is 11.5. The Kier molecular flexibility index (Phi) is 5.98. The number of aliphatic hydroxyl groups is 1. The number of rotatable bonds is 6. The summed E-state index contributed by atoms with van der Waals surface area (Å²) in [5.41, 5.74) is 0.369. The predicted octanol–water partition coefficient (Wildman–Crippen LogP) is 1.40. The molecule has 3 rings (SSSR count). The van der Waals surface area contributed by atoms with Crippen molar-refractivity contribution in [3.8, 4) is 5.75 Å². The standard InChI is InChI=1S/C22H23FN2O4/c1-24(2)11-12-25-19(16-9-4-5-10-17(16)23)18(21(27)22(25)28)20(26)14-7-6-8-15(13-14)29-3/h4-10,13,19,26H,11-12H2,1-3H3/p+1/t19-/m1/s1. The van der Waals surface area contributed by atoms with Gasteiger partial charge in [0.2, 0.25) is 0 Å². The van der Waals surface area contributed by atoms with Gasteiger partial charge in [0.05, 0.1) is 45.9 Å². The molecule has 7 heteroatoms. The lowest BCUT2D eigenvalue weighted by Gasteiger charge is -2.26. The van der Waals surface area contributed by atoms with Crippen molar-refractivity contribution in [3.63, 3.8) is 0 Å². The molecule has 1 saturated heterocycles. The van der Waals surface area contributed by atoms with Crippen LogP contribution in [0.3, 0.4) is 0 Å². The fraction of sp³-hybridized carbons (Fsp3) is 0.273. The molecule has 6 nitrogen and oxygen atoms in total. The predicted molar refractivity (Wildman–Crippen MR) is 106 cm³/mol. The molecule has 0 radical (unpaired) electrons. The lowest BCUT2D eigenvalue weighted by atomic mass is 9.95. The highest BCUT2D eigenvalue weighted by molar-refractivity contribution is 6.46. The molecule has 1 aliphatic heterocycles. The molecule has 1 aliphatic rings. The second-order valence-electron chi connectivity index (χ2n) is 7.20. The van der Waals surface area contributed by atoms with E-state index in [0.29, 0.717) is 17.9 Å². The van der Waals surface area contributed by atoms with Crippen LogP contribution in [0.5, 0.6) is 5.75 Å². The van der Waals surface area contributed by atoms with E-state index in [-0.39, 0.29) is 23.4 Å². The van der Waals surface area contributed by atoms with Crippen LogP contribution < -0.4 is 9.64 Å². The molecule has 0 bridgehead atoms. The van der Waals surface area contributed by atoms with E-state index in [1.807, 2.05) is 14.1 Å². The number of hydrogen-bond acceptors (Lipinski definition) is 4. The van der Waals surface area contributed by atoms with Crippen molar-refractivity contribution in [2.24, 2.45) is 0 Å². The number of ether oxygens (including phenoxy) is 1. The minimum Gasteiger partial charge on any atom is -0.507 e. The molecule has 2 aromatic carbocycles. The van der Waals surface area contributed by atoms with Crippen LogP contribution in [0.2, 0.25) is 0 Å². The smallest absolute Gasteiger partial charge is 0.295 e. The summed E-state index contributed by atoms with van der Waals surface area (Å²) in [5.74, 6) is -1.98. The highest BCUT2D eigenvalue weighted by Crippen LogP contribution is 2.40. The molecule has 1 amide bonds. The highest BCUT2D eigenvalue weighted by atomic mass is 19.1. The van der Waals surface area contributed by atoms with Crippen LogP contribution in [0.4, 0.5) is 4.39 Å². The number of nitrogens with one attached hydrogen (secondary N) is 1. The van der Waals surface area contributed by atoms with Gasteiger partial charge < -0.3 is 19.6 Å². The van der Waals surface area contributed by atoms with E-state index in [2.05, 4.69) is 0 Å². The number of likely N-dealkylation sites (tertiary alicyclic amines) is 1. The Bertz CT molecular complexity index is 971. The Hall–Kier alpha value is -3.19. The normalized spacial score (nSPS) is 18.5. The van der Waals surface area contributed by atoms with Gasteiger partial charge in [0.1, 0.15) is 17.3 Å². The third-order valence-corrected chi connectivity index (χ3v) is 4.94. The Morgan fingerprint density at radius 1 is 1.17 bits per heavy atom. The SMILES string of the molecule is COc1cccc(C(O)=C2C(=O)C(=O)N(CC[NH+](C)C)[C@@H]2c2ccccc2F)c1. The summed E-state index contributed by atoms with van der Waals surface area (Å²) < 4.78 is 19.8. The second-order valence-corrected chi connectivity index (χ2v) is 7.20. The number of carbonyl (C=O) groups excluding carboxylic acids is 2. The fourth-order valence-electron chi connectivity index (χ4n) is 3.40. The lowest BCUT2D eigenvalue weighted by molar-refractivity contribution is -0.857. The van der Waals surface area contributed by atoms with Crippen LogP contribution in [0.25, 0.3) is 5.76 Å². The van der Waals surface area contributed by atoms with Crippen molar-refractivity contribution in [3.05, 3.63) is 71.0 Å². The second kappa shape index (κ2) is 8.45. The first-order valence-electron chi connectivity index (χ1n) is 9.31. The number of nitrogens with zero attached hydrogens (tertiary/aromatic N) is 1. The Balaban J connectivity index is 2.18. The van der Waals surface area contributed by atoms with Crippen molar-refractivity contribution >= 4 is 17.4 Å². The molecule has 0 spiro atoms. The van der Waals surface area contributed by atoms with Gasteiger partial charge in [-0.2, -0.15) is 0 Å². The number of methoxy groups -OCH3 is 1. The van der Waals surface area contributed by atoms with Crippen molar-refractivity contribution in [1.29, 1.82) is 0 Å². The molecule has 1 fully saturated rings. The highest BCUT2D eigenvalue weighted by Gasteiger charge is 2.47. The lowest BCUT2D eigenvalue weighted by Crippen LogP contribution is -3.06. The third kappa shape index (κ3) is 4.00. The van der Waals surface area contributed by atoms with Gasteiger partial charge in [-0.1, -0.05) is 30.3 Å². The van der Waals surface area contributed by atoms with Gasteiger partial charge in [-0.05, 0) is 18.2 Å². The minimum atomic E-state index is -0.998. The average Bonchev–Trinajstić information content (AvgIpc) is 2.96. The molecule has 2 N–H and O–H groups in total. The number of ketones is 1. The zero-order valence-corrected chi connectivity index (χ0v) is 16.6. The topological polar surface area (TPSA) is 71.3 Å². The van der Waals surface area contributed by atoms with Gasteiger partial charge in [0.15, 0.2) is 0 Å². The number of aliphatic hydroxyl groups excluding tert-OH is 1. The number of carbonyl (C=O) groups is 2. The Morgan fingerprint density at radius 3 is 2.55 bits per heavy atom. The first-order valence-corrected chi connectivity index (χ1v) is 9.31. The molecule has 0 saturated carbocycles. The van der Waals surface area contributed by atoms with Gasteiger partial charge in [0, 0.05) is 11.1 Å².